The summed E-state index contributed by atoms with van der Waals surface area (Å²) in [7, 11) is 0. The number of benzene rings is 1. The van der Waals surface area contributed by atoms with E-state index in [1.807, 2.05) is 31.2 Å². The maximum Gasteiger partial charge on any atom is 0.132 e. The molecular formula is C17H23N3O. The second-order valence-electron chi connectivity index (χ2n) is 5.87. The molecule has 0 radical (unpaired) electrons. The molecule has 0 saturated heterocycles. The molecule has 2 aromatic rings. The molecule has 0 unspecified atom stereocenters. The highest BCUT2D eigenvalue weighted by molar-refractivity contribution is 5.28. The third kappa shape index (κ3) is 3.45. The summed E-state index contributed by atoms with van der Waals surface area (Å²) >= 11 is 0. The SMILES string of the molecule is C[C@@H](N)c1ccc(OCc2ccn(C3CCCC3)n2)cc1. The summed E-state index contributed by atoms with van der Waals surface area (Å²) in [6, 6.07) is 10.6. The smallest absolute Gasteiger partial charge is 0.132 e. The zero-order valence-corrected chi connectivity index (χ0v) is 12.5. The predicted molar refractivity (Wildman–Crippen MR) is 83.1 cm³/mol. The zero-order valence-electron chi connectivity index (χ0n) is 12.5. The van der Waals surface area contributed by atoms with E-state index in [-0.39, 0.29) is 6.04 Å². The van der Waals surface area contributed by atoms with E-state index in [9.17, 15) is 0 Å². The van der Waals surface area contributed by atoms with Crippen LogP contribution in [-0.4, -0.2) is 9.78 Å². The molecule has 2 N–H and O–H groups in total. The molecule has 3 rings (SSSR count). The van der Waals surface area contributed by atoms with Gasteiger partial charge in [0.1, 0.15) is 12.4 Å². The van der Waals surface area contributed by atoms with Gasteiger partial charge in [0.05, 0.1) is 11.7 Å². The second kappa shape index (κ2) is 6.31. The first kappa shape index (κ1) is 14.1. The lowest BCUT2D eigenvalue weighted by Crippen LogP contribution is -2.06. The van der Waals surface area contributed by atoms with Crippen LogP contribution in [0.4, 0.5) is 0 Å². The summed E-state index contributed by atoms with van der Waals surface area (Å²) in [5.41, 5.74) is 7.94. The fraction of sp³-hybridized carbons (Fsp3) is 0.471. The fourth-order valence-electron chi connectivity index (χ4n) is 2.85. The molecule has 1 aliphatic rings. The van der Waals surface area contributed by atoms with Crippen molar-refractivity contribution in [2.24, 2.45) is 5.73 Å². The first-order valence-electron chi connectivity index (χ1n) is 7.75. The van der Waals surface area contributed by atoms with Crippen molar-refractivity contribution in [1.29, 1.82) is 0 Å². The third-order valence-corrected chi connectivity index (χ3v) is 4.15. The standard InChI is InChI=1S/C17H23N3O/c1-13(18)14-6-8-17(9-7-14)21-12-15-10-11-20(19-15)16-4-2-3-5-16/h6-11,13,16H,2-5,12,18H2,1H3/t13-/m1/s1. The van der Waals surface area contributed by atoms with Gasteiger partial charge in [-0.2, -0.15) is 5.10 Å². The summed E-state index contributed by atoms with van der Waals surface area (Å²) in [4.78, 5) is 0. The van der Waals surface area contributed by atoms with Gasteiger partial charge in [-0.3, -0.25) is 4.68 Å². The molecule has 21 heavy (non-hydrogen) atoms. The normalized spacial score (nSPS) is 17.0. The van der Waals surface area contributed by atoms with Crippen LogP contribution in [0.2, 0.25) is 0 Å². The molecular weight excluding hydrogens is 262 g/mol. The van der Waals surface area contributed by atoms with E-state index in [1.165, 1.54) is 25.7 Å². The van der Waals surface area contributed by atoms with Crippen molar-refractivity contribution in [2.75, 3.05) is 0 Å². The third-order valence-electron chi connectivity index (χ3n) is 4.15. The first-order chi connectivity index (χ1) is 10.2. The quantitative estimate of drug-likeness (QED) is 0.913. The average Bonchev–Trinajstić information content (AvgIpc) is 3.16. The largest absolute Gasteiger partial charge is 0.487 e. The molecule has 4 heteroatoms. The summed E-state index contributed by atoms with van der Waals surface area (Å²) < 4.78 is 7.89. The lowest BCUT2D eigenvalue weighted by molar-refractivity contribution is 0.298. The highest BCUT2D eigenvalue weighted by Crippen LogP contribution is 2.28. The lowest BCUT2D eigenvalue weighted by Gasteiger charge is -2.09. The molecule has 0 bridgehead atoms. The van der Waals surface area contributed by atoms with Gasteiger partial charge in [-0.05, 0) is 43.5 Å². The van der Waals surface area contributed by atoms with Crippen molar-refractivity contribution in [3.05, 3.63) is 47.8 Å². The van der Waals surface area contributed by atoms with Crippen LogP contribution < -0.4 is 10.5 Å². The fourth-order valence-corrected chi connectivity index (χ4v) is 2.85. The van der Waals surface area contributed by atoms with Gasteiger partial charge in [0, 0.05) is 12.2 Å². The topological polar surface area (TPSA) is 53.1 Å². The second-order valence-corrected chi connectivity index (χ2v) is 5.87. The van der Waals surface area contributed by atoms with Gasteiger partial charge in [0.2, 0.25) is 0 Å². The Balaban J connectivity index is 1.57. The van der Waals surface area contributed by atoms with Crippen LogP contribution >= 0.6 is 0 Å². The summed E-state index contributed by atoms with van der Waals surface area (Å²) in [6.45, 7) is 2.49. The van der Waals surface area contributed by atoms with E-state index in [2.05, 4.69) is 22.0 Å². The molecule has 0 spiro atoms. The van der Waals surface area contributed by atoms with Crippen molar-refractivity contribution in [3.8, 4) is 5.75 Å². The molecule has 112 valence electrons. The van der Waals surface area contributed by atoms with E-state index >= 15 is 0 Å². The first-order valence-corrected chi connectivity index (χ1v) is 7.75. The van der Waals surface area contributed by atoms with Crippen LogP contribution in [-0.2, 0) is 6.61 Å². The number of aromatic nitrogens is 2. The minimum Gasteiger partial charge on any atom is -0.487 e. The Morgan fingerprint density at radius 1 is 1.24 bits per heavy atom. The highest BCUT2D eigenvalue weighted by atomic mass is 16.5. The minimum atomic E-state index is 0.0566. The molecule has 4 nitrogen and oxygen atoms in total. The lowest BCUT2D eigenvalue weighted by atomic mass is 10.1. The van der Waals surface area contributed by atoms with Crippen molar-refractivity contribution in [1.82, 2.24) is 9.78 Å². The van der Waals surface area contributed by atoms with Crippen LogP contribution in [0.1, 0.15) is 55.9 Å². The number of hydrogen-bond donors (Lipinski definition) is 1. The van der Waals surface area contributed by atoms with E-state index < -0.39 is 0 Å². The van der Waals surface area contributed by atoms with Crippen molar-refractivity contribution in [3.63, 3.8) is 0 Å². The molecule has 1 fully saturated rings. The van der Waals surface area contributed by atoms with Crippen LogP contribution in [0.25, 0.3) is 0 Å². The highest BCUT2D eigenvalue weighted by Gasteiger charge is 2.17. The predicted octanol–water partition coefficient (Wildman–Crippen LogP) is 3.60. The molecule has 1 saturated carbocycles. The Morgan fingerprint density at radius 2 is 1.95 bits per heavy atom. The Labute approximate surface area is 125 Å². The Morgan fingerprint density at radius 3 is 2.62 bits per heavy atom. The molecule has 0 amide bonds. The van der Waals surface area contributed by atoms with Crippen LogP contribution in [0.5, 0.6) is 5.75 Å². The Hall–Kier alpha value is -1.81. The van der Waals surface area contributed by atoms with Gasteiger partial charge >= 0.3 is 0 Å². The number of ether oxygens (including phenoxy) is 1. The molecule has 1 atom stereocenters. The van der Waals surface area contributed by atoms with Gasteiger partial charge in [-0.1, -0.05) is 25.0 Å². The number of hydrogen-bond acceptors (Lipinski definition) is 3. The van der Waals surface area contributed by atoms with Gasteiger partial charge in [-0.25, -0.2) is 0 Å². The molecule has 1 heterocycles. The van der Waals surface area contributed by atoms with Crippen LogP contribution in [0, 0.1) is 0 Å². The van der Waals surface area contributed by atoms with E-state index in [1.54, 1.807) is 0 Å². The minimum absolute atomic E-state index is 0.0566. The van der Waals surface area contributed by atoms with Gasteiger partial charge in [0.25, 0.3) is 0 Å². The average molecular weight is 285 g/mol. The van der Waals surface area contributed by atoms with Crippen LogP contribution in [0.15, 0.2) is 36.5 Å². The molecule has 1 aromatic heterocycles. The van der Waals surface area contributed by atoms with Gasteiger partial charge in [0.15, 0.2) is 0 Å². The molecule has 0 aliphatic heterocycles. The maximum absolute atomic E-state index is 5.84. The maximum atomic E-state index is 5.84. The zero-order chi connectivity index (χ0) is 14.7. The van der Waals surface area contributed by atoms with E-state index in [0.29, 0.717) is 12.6 Å². The van der Waals surface area contributed by atoms with Crippen molar-refractivity contribution < 1.29 is 4.74 Å². The molecule has 1 aromatic carbocycles. The molecule has 1 aliphatic carbocycles. The van der Waals surface area contributed by atoms with Crippen molar-refractivity contribution in [2.45, 2.75) is 51.3 Å². The van der Waals surface area contributed by atoms with Crippen molar-refractivity contribution >= 4 is 0 Å². The Kier molecular flexibility index (Phi) is 4.25. The summed E-state index contributed by atoms with van der Waals surface area (Å²) in [5.74, 6) is 0.856. The summed E-state index contributed by atoms with van der Waals surface area (Å²) in [6.07, 6.45) is 7.22. The number of nitrogens with zero attached hydrogens (tertiary/aromatic N) is 2. The van der Waals surface area contributed by atoms with Gasteiger partial charge < -0.3 is 10.5 Å². The van der Waals surface area contributed by atoms with E-state index in [0.717, 1.165) is 17.0 Å². The number of rotatable bonds is 5. The number of nitrogens with two attached hydrogens (primary N) is 1. The van der Waals surface area contributed by atoms with Gasteiger partial charge in [-0.15, -0.1) is 0 Å². The Bertz CT molecular complexity index is 568. The monoisotopic (exact) mass is 285 g/mol. The van der Waals surface area contributed by atoms with Crippen LogP contribution in [0.3, 0.4) is 0 Å². The summed E-state index contributed by atoms with van der Waals surface area (Å²) in [5, 5.41) is 4.62. The van der Waals surface area contributed by atoms with E-state index in [4.69, 9.17) is 10.5 Å².